The average Bonchev–Trinajstić information content (AvgIpc) is 2.47. The van der Waals surface area contributed by atoms with Crippen molar-refractivity contribution >= 4 is 11.6 Å². The van der Waals surface area contributed by atoms with E-state index in [-0.39, 0.29) is 5.91 Å². The Labute approximate surface area is 127 Å². The predicted molar refractivity (Wildman–Crippen MR) is 87.6 cm³/mol. The van der Waals surface area contributed by atoms with E-state index in [0.29, 0.717) is 12.5 Å². The molecule has 0 bridgehead atoms. The normalized spacial score (nSPS) is 19.4. The highest BCUT2D eigenvalue weighted by molar-refractivity contribution is 5.90. The summed E-state index contributed by atoms with van der Waals surface area (Å²) in [5.41, 5.74) is 2.06. The maximum atomic E-state index is 11.9. The largest absolute Gasteiger partial charge is 0.326 e. The molecule has 1 aromatic carbocycles. The number of likely N-dealkylation sites (N-methyl/N-ethyl adjacent to an activating group) is 1. The van der Waals surface area contributed by atoms with Gasteiger partial charge in [0.2, 0.25) is 5.91 Å². The lowest BCUT2D eigenvalue weighted by atomic mass is 10.1. The quantitative estimate of drug-likeness (QED) is 0.845. The predicted octanol–water partition coefficient (Wildman–Crippen LogP) is 2.40. The summed E-state index contributed by atoms with van der Waals surface area (Å²) in [4.78, 5) is 14.4. The number of aryl methyl sites for hydroxylation is 1. The van der Waals surface area contributed by atoms with Gasteiger partial charge < -0.3 is 15.5 Å². The Morgan fingerprint density at radius 3 is 3.05 bits per heavy atom. The molecule has 1 aliphatic heterocycles. The second-order valence-corrected chi connectivity index (χ2v) is 5.95. The SMILES string of the molecule is CNC1CCCN(CCCC(=O)Nc2cccc(C)c2)C1. The number of nitrogens with one attached hydrogen (secondary N) is 2. The van der Waals surface area contributed by atoms with Crippen LogP contribution in [0.5, 0.6) is 0 Å². The van der Waals surface area contributed by atoms with Crippen LogP contribution >= 0.6 is 0 Å². The molecule has 0 spiro atoms. The molecule has 1 heterocycles. The fourth-order valence-corrected chi connectivity index (χ4v) is 2.90. The monoisotopic (exact) mass is 289 g/mol. The number of likely N-dealkylation sites (tertiary alicyclic amines) is 1. The zero-order chi connectivity index (χ0) is 15.1. The Morgan fingerprint density at radius 2 is 2.29 bits per heavy atom. The molecule has 0 radical (unpaired) electrons. The number of nitrogens with zero attached hydrogens (tertiary/aromatic N) is 1. The van der Waals surface area contributed by atoms with E-state index >= 15 is 0 Å². The molecule has 1 amide bonds. The van der Waals surface area contributed by atoms with Crippen LogP contribution < -0.4 is 10.6 Å². The minimum Gasteiger partial charge on any atom is -0.326 e. The smallest absolute Gasteiger partial charge is 0.224 e. The third-order valence-electron chi connectivity index (χ3n) is 4.09. The average molecular weight is 289 g/mol. The molecule has 2 N–H and O–H groups in total. The minimum absolute atomic E-state index is 0.114. The standard InChI is InChI=1S/C17H27N3O/c1-14-6-3-7-15(12-14)19-17(21)9-5-11-20-10-4-8-16(13-20)18-2/h3,6-7,12,16,18H,4-5,8-11,13H2,1-2H3,(H,19,21). The first-order valence-electron chi connectivity index (χ1n) is 7.93. The molecule has 4 heteroatoms. The first-order valence-corrected chi connectivity index (χ1v) is 7.93. The number of hydrogen-bond donors (Lipinski definition) is 2. The summed E-state index contributed by atoms with van der Waals surface area (Å²) < 4.78 is 0. The molecule has 1 aromatic rings. The van der Waals surface area contributed by atoms with E-state index in [1.54, 1.807) is 0 Å². The number of piperidine rings is 1. The molecule has 0 saturated carbocycles. The molecule has 1 aliphatic rings. The van der Waals surface area contributed by atoms with Crippen LogP contribution in [-0.2, 0) is 4.79 Å². The lowest BCUT2D eigenvalue weighted by molar-refractivity contribution is -0.116. The Kier molecular flexibility index (Phi) is 6.21. The van der Waals surface area contributed by atoms with Crippen LogP contribution in [0.1, 0.15) is 31.2 Å². The molecule has 21 heavy (non-hydrogen) atoms. The fraction of sp³-hybridized carbons (Fsp3) is 0.588. The van der Waals surface area contributed by atoms with E-state index in [9.17, 15) is 4.79 Å². The van der Waals surface area contributed by atoms with Gasteiger partial charge in [-0.05, 0) is 64.0 Å². The second kappa shape index (κ2) is 8.15. The van der Waals surface area contributed by atoms with Crippen molar-refractivity contribution in [3.05, 3.63) is 29.8 Å². The maximum Gasteiger partial charge on any atom is 0.224 e. The Morgan fingerprint density at radius 1 is 1.43 bits per heavy atom. The van der Waals surface area contributed by atoms with Gasteiger partial charge in [0.25, 0.3) is 0 Å². The van der Waals surface area contributed by atoms with Gasteiger partial charge in [-0.3, -0.25) is 4.79 Å². The molecule has 1 atom stereocenters. The lowest BCUT2D eigenvalue weighted by Crippen LogP contribution is -2.44. The Balaban J connectivity index is 1.67. The van der Waals surface area contributed by atoms with Crippen LogP contribution in [0, 0.1) is 6.92 Å². The van der Waals surface area contributed by atoms with Crippen molar-refractivity contribution < 1.29 is 4.79 Å². The summed E-state index contributed by atoms with van der Waals surface area (Å²) in [6.45, 7) is 5.32. The highest BCUT2D eigenvalue weighted by atomic mass is 16.1. The second-order valence-electron chi connectivity index (χ2n) is 5.95. The molecular formula is C17H27N3O. The fourth-order valence-electron chi connectivity index (χ4n) is 2.90. The van der Waals surface area contributed by atoms with Gasteiger partial charge in [0.15, 0.2) is 0 Å². The Bertz CT molecular complexity index is 461. The van der Waals surface area contributed by atoms with Gasteiger partial charge in [-0.2, -0.15) is 0 Å². The van der Waals surface area contributed by atoms with Gasteiger partial charge in [0.1, 0.15) is 0 Å². The number of carbonyl (C=O) groups is 1. The van der Waals surface area contributed by atoms with Crippen LogP contribution in [0.3, 0.4) is 0 Å². The molecule has 1 saturated heterocycles. The third-order valence-corrected chi connectivity index (χ3v) is 4.09. The third kappa shape index (κ3) is 5.48. The van der Waals surface area contributed by atoms with E-state index in [4.69, 9.17) is 0 Å². The van der Waals surface area contributed by atoms with Gasteiger partial charge >= 0.3 is 0 Å². The molecule has 2 rings (SSSR count). The van der Waals surface area contributed by atoms with Gasteiger partial charge in [-0.25, -0.2) is 0 Å². The van der Waals surface area contributed by atoms with Crippen molar-refractivity contribution in [2.24, 2.45) is 0 Å². The molecular weight excluding hydrogens is 262 g/mol. The van der Waals surface area contributed by atoms with Crippen molar-refractivity contribution in [1.29, 1.82) is 0 Å². The van der Waals surface area contributed by atoms with Crippen molar-refractivity contribution in [3.63, 3.8) is 0 Å². The zero-order valence-corrected chi connectivity index (χ0v) is 13.2. The van der Waals surface area contributed by atoms with E-state index in [1.165, 1.54) is 18.4 Å². The molecule has 1 fully saturated rings. The topological polar surface area (TPSA) is 44.4 Å². The summed E-state index contributed by atoms with van der Waals surface area (Å²) in [6, 6.07) is 8.55. The van der Waals surface area contributed by atoms with Crippen molar-refractivity contribution in [1.82, 2.24) is 10.2 Å². The van der Waals surface area contributed by atoms with Crippen LogP contribution in [0.15, 0.2) is 24.3 Å². The number of carbonyl (C=O) groups excluding carboxylic acids is 1. The van der Waals surface area contributed by atoms with Crippen LogP contribution in [0.4, 0.5) is 5.69 Å². The maximum absolute atomic E-state index is 11.9. The van der Waals surface area contributed by atoms with Gasteiger partial charge in [0.05, 0.1) is 0 Å². The summed E-state index contributed by atoms with van der Waals surface area (Å²) in [5, 5.41) is 6.32. The molecule has 0 aliphatic carbocycles. The summed E-state index contributed by atoms with van der Waals surface area (Å²) in [7, 11) is 2.03. The Hall–Kier alpha value is -1.39. The van der Waals surface area contributed by atoms with Crippen molar-refractivity contribution in [2.75, 3.05) is 32.0 Å². The van der Waals surface area contributed by atoms with Crippen LogP contribution in [0.25, 0.3) is 0 Å². The van der Waals surface area contributed by atoms with E-state index < -0.39 is 0 Å². The van der Waals surface area contributed by atoms with Gasteiger partial charge in [0, 0.05) is 24.7 Å². The summed E-state index contributed by atoms with van der Waals surface area (Å²) in [5.74, 6) is 0.114. The van der Waals surface area contributed by atoms with Gasteiger partial charge in [-0.15, -0.1) is 0 Å². The number of rotatable bonds is 6. The number of hydrogen-bond acceptors (Lipinski definition) is 3. The summed E-state index contributed by atoms with van der Waals surface area (Å²) in [6.07, 6.45) is 4.03. The van der Waals surface area contributed by atoms with Gasteiger partial charge in [-0.1, -0.05) is 12.1 Å². The van der Waals surface area contributed by atoms with Crippen molar-refractivity contribution in [3.8, 4) is 0 Å². The van der Waals surface area contributed by atoms with Crippen molar-refractivity contribution in [2.45, 2.75) is 38.6 Å². The van der Waals surface area contributed by atoms with E-state index in [0.717, 1.165) is 31.7 Å². The van der Waals surface area contributed by atoms with Crippen LogP contribution in [0.2, 0.25) is 0 Å². The van der Waals surface area contributed by atoms with Crippen LogP contribution in [-0.4, -0.2) is 43.5 Å². The van der Waals surface area contributed by atoms with E-state index in [2.05, 4.69) is 15.5 Å². The van der Waals surface area contributed by atoms with E-state index in [1.807, 2.05) is 38.2 Å². The minimum atomic E-state index is 0.114. The molecule has 1 unspecified atom stereocenters. The highest BCUT2D eigenvalue weighted by Crippen LogP contribution is 2.12. The summed E-state index contributed by atoms with van der Waals surface area (Å²) >= 11 is 0. The lowest BCUT2D eigenvalue weighted by Gasteiger charge is -2.32. The molecule has 116 valence electrons. The number of amides is 1. The molecule has 4 nitrogen and oxygen atoms in total. The number of benzene rings is 1. The highest BCUT2D eigenvalue weighted by Gasteiger charge is 2.17. The zero-order valence-electron chi connectivity index (χ0n) is 13.2. The first-order chi connectivity index (χ1) is 10.2. The molecule has 0 aromatic heterocycles. The number of anilines is 1. The first kappa shape index (κ1) is 16.0.